The monoisotopic (exact) mass is 328 g/mol. The maximum atomic E-state index is 12.8. The second-order valence-corrected chi connectivity index (χ2v) is 6.99. The molecule has 2 atom stereocenters. The van der Waals surface area contributed by atoms with Gasteiger partial charge in [0, 0.05) is 42.4 Å². The number of piperidine rings is 1. The minimum absolute atomic E-state index is 0.0443. The van der Waals surface area contributed by atoms with E-state index in [9.17, 15) is 9.90 Å². The average Bonchev–Trinajstić information content (AvgIpc) is 3.05. The van der Waals surface area contributed by atoms with E-state index < -0.39 is 0 Å². The molecule has 1 aromatic heterocycles. The van der Waals surface area contributed by atoms with Gasteiger partial charge in [-0.3, -0.25) is 4.79 Å². The third-order valence-corrected chi connectivity index (χ3v) is 5.85. The molecule has 1 amide bonds. The number of rotatable bonds is 3. The Kier molecular flexibility index (Phi) is 3.85. The number of fused-ring (bicyclic) bond motifs is 1. The predicted octanol–water partition coefficient (Wildman–Crippen LogP) is 2.56. The number of aromatic amines is 1. The minimum Gasteiger partial charge on any atom is -0.392 e. The maximum Gasteiger partial charge on any atom is 0.270 e. The predicted molar refractivity (Wildman–Crippen MR) is 91.9 cm³/mol. The molecule has 2 fully saturated rings. The van der Waals surface area contributed by atoms with Crippen LogP contribution in [0.5, 0.6) is 0 Å². The van der Waals surface area contributed by atoms with Gasteiger partial charge in [0.15, 0.2) is 0 Å². The summed E-state index contributed by atoms with van der Waals surface area (Å²) < 4.78 is 5.79. The van der Waals surface area contributed by atoms with E-state index in [-0.39, 0.29) is 23.5 Å². The molecule has 2 aromatic rings. The Morgan fingerprint density at radius 3 is 2.79 bits per heavy atom. The van der Waals surface area contributed by atoms with Crippen LogP contribution in [0.25, 0.3) is 10.9 Å². The van der Waals surface area contributed by atoms with Crippen LogP contribution in [0.4, 0.5) is 0 Å². The summed E-state index contributed by atoms with van der Waals surface area (Å²) in [4.78, 5) is 17.9. The van der Waals surface area contributed by atoms with Crippen molar-refractivity contribution in [1.29, 1.82) is 0 Å². The van der Waals surface area contributed by atoms with Crippen molar-refractivity contribution in [1.82, 2.24) is 9.88 Å². The van der Waals surface area contributed by atoms with Crippen molar-refractivity contribution in [2.75, 3.05) is 19.7 Å². The standard InChI is InChI=1S/C19H24N2O3/c1-2-24-17-12-16(22)19(17)7-9-21(10-8-19)18(23)15-11-13-5-3-4-6-14(13)20-15/h3-6,11,16-17,20,22H,2,7-10,12H2,1H3. The fraction of sp³-hybridized carbons (Fsp3) is 0.526. The third kappa shape index (κ3) is 2.34. The number of para-hydroxylation sites is 1. The van der Waals surface area contributed by atoms with Gasteiger partial charge >= 0.3 is 0 Å². The summed E-state index contributed by atoms with van der Waals surface area (Å²) in [6, 6.07) is 9.84. The lowest BCUT2D eigenvalue weighted by molar-refractivity contribution is -0.207. The van der Waals surface area contributed by atoms with E-state index in [1.165, 1.54) is 0 Å². The van der Waals surface area contributed by atoms with E-state index in [2.05, 4.69) is 4.98 Å². The van der Waals surface area contributed by atoms with Gasteiger partial charge in [-0.1, -0.05) is 18.2 Å². The summed E-state index contributed by atoms with van der Waals surface area (Å²) in [6.07, 6.45) is 2.20. The Hall–Kier alpha value is -1.85. The zero-order valence-corrected chi connectivity index (χ0v) is 14.0. The highest BCUT2D eigenvalue weighted by atomic mass is 16.5. The molecule has 5 nitrogen and oxygen atoms in total. The van der Waals surface area contributed by atoms with Crippen LogP contribution in [0.3, 0.4) is 0 Å². The van der Waals surface area contributed by atoms with E-state index in [0.29, 0.717) is 25.4 Å². The van der Waals surface area contributed by atoms with Crippen molar-refractivity contribution < 1.29 is 14.6 Å². The lowest BCUT2D eigenvalue weighted by Gasteiger charge is -2.56. The Morgan fingerprint density at radius 2 is 2.12 bits per heavy atom. The van der Waals surface area contributed by atoms with Gasteiger partial charge in [0.05, 0.1) is 12.2 Å². The van der Waals surface area contributed by atoms with Crippen molar-refractivity contribution in [2.45, 2.75) is 38.4 Å². The molecule has 2 N–H and O–H groups in total. The number of hydrogen-bond acceptors (Lipinski definition) is 3. The summed E-state index contributed by atoms with van der Waals surface area (Å²) in [7, 11) is 0. The number of aliphatic hydroxyl groups is 1. The lowest BCUT2D eigenvalue weighted by atomic mass is 9.58. The quantitative estimate of drug-likeness (QED) is 0.910. The van der Waals surface area contributed by atoms with E-state index in [0.717, 1.165) is 30.2 Å². The maximum absolute atomic E-state index is 12.8. The van der Waals surface area contributed by atoms with Crippen LogP contribution in [0.2, 0.25) is 0 Å². The van der Waals surface area contributed by atoms with Crippen LogP contribution >= 0.6 is 0 Å². The number of carbonyl (C=O) groups excluding carboxylic acids is 1. The molecule has 2 heterocycles. The van der Waals surface area contributed by atoms with Gasteiger partial charge in [-0.05, 0) is 31.9 Å². The molecule has 1 saturated heterocycles. The Labute approximate surface area is 141 Å². The number of nitrogens with zero attached hydrogens (tertiary/aromatic N) is 1. The summed E-state index contributed by atoms with van der Waals surface area (Å²) in [6.45, 7) is 4.02. The average molecular weight is 328 g/mol. The number of hydrogen-bond donors (Lipinski definition) is 2. The number of benzene rings is 1. The number of H-pyrrole nitrogens is 1. The van der Waals surface area contributed by atoms with Gasteiger partial charge < -0.3 is 19.7 Å². The first-order valence-electron chi connectivity index (χ1n) is 8.81. The first kappa shape index (κ1) is 15.7. The largest absolute Gasteiger partial charge is 0.392 e. The highest BCUT2D eigenvalue weighted by Crippen LogP contribution is 2.51. The van der Waals surface area contributed by atoms with E-state index in [1.807, 2.05) is 42.2 Å². The number of aliphatic hydroxyl groups excluding tert-OH is 1. The van der Waals surface area contributed by atoms with Crippen LogP contribution in [0, 0.1) is 5.41 Å². The molecule has 1 aliphatic heterocycles. The van der Waals surface area contributed by atoms with E-state index in [4.69, 9.17) is 4.74 Å². The topological polar surface area (TPSA) is 65.6 Å². The van der Waals surface area contributed by atoms with Crippen LogP contribution in [-0.4, -0.2) is 52.8 Å². The normalized spacial score (nSPS) is 25.8. The van der Waals surface area contributed by atoms with Gasteiger partial charge in [0.25, 0.3) is 5.91 Å². The van der Waals surface area contributed by atoms with Crippen LogP contribution < -0.4 is 0 Å². The molecule has 1 aliphatic carbocycles. The molecule has 1 saturated carbocycles. The van der Waals surface area contributed by atoms with Gasteiger partial charge in [-0.15, -0.1) is 0 Å². The smallest absolute Gasteiger partial charge is 0.270 e. The van der Waals surface area contributed by atoms with E-state index in [1.54, 1.807) is 0 Å². The van der Waals surface area contributed by atoms with E-state index >= 15 is 0 Å². The number of amides is 1. The molecule has 1 aromatic carbocycles. The van der Waals surface area contributed by atoms with Crippen molar-refractivity contribution >= 4 is 16.8 Å². The highest BCUT2D eigenvalue weighted by Gasteiger charge is 2.56. The van der Waals surface area contributed by atoms with Crippen molar-refractivity contribution in [3.63, 3.8) is 0 Å². The number of aromatic nitrogens is 1. The minimum atomic E-state index is -0.292. The molecule has 0 bridgehead atoms. The molecule has 0 radical (unpaired) electrons. The van der Waals surface area contributed by atoms with Crippen molar-refractivity contribution in [2.24, 2.45) is 5.41 Å². The molecular formula is C19H24N2O3. The van der Waals surface area contributed by atoms with Gasteiger partial charge in [-0.2, -0.15) is 0 Å². The van der Waals surface area contributed by atoms with Gasteiger partial charge in [0.2, 0.25) is 0 Å². The van der Waals surface area contributed by atoms with Gasteiger partial charge in [0.1, 0.15) is 5.69 Å². The molecule has 2 unspecified atom stereocenters. The summed E-state index contributed by atoms with van der Waals surface area (Å²) in [5.41, 5.74) is 1.48. The fourth-order valence-corrected chi connectivity index (χ4v) is 4.30. The first-order chi connectivity index (χ1) is 11.6. The third-order valence-electron chi connectivity index (χ3n) is 5.85. The van der Waals surface area contributed by atoms with Crippen molar-refractivity contribution in [3.8, 4) is 0 Å². The Bertz CT molecular complexity index is 711. The molecule has 4 rings (SSSR count). The van der Waals surface area contributed by atoms with Crippen molar-refractivity contribution in [3.05, 3.63) is 36.0 Å². The fourth-order valence-electron chi connectivity index (χ4n) is 4.30. The molecule has 1 spiro atoms. The zero-order chi connectivity index (χ0) is 16.7. The number of likely N-dealkylation sites (tertiary alicyclic amines) is 1. The van der Waals surface area contributed by atoms with Gasteiger partial charge in [-0.25, -0.2) is 0 Å². The summed E-state index contributed by atoms with van der Waals surface area (Å²) in [5, 5.41) is 11.3. The molecule has 5 heteroatoms. The number of ether oxygens (including phenoxy) is 1. The molecular weight excluding hydrogens is 304 g/mol. The first-order valence-corrected chi connectivity index (χ1v) is 8.81. The summed E-state index contributed by atoms with van der Waals surface area (Å²) >= 11 is 0. The highest BCUT2D eigenvalue weighted by molar-refractivity contribution is 5.98. The summed E-state index contributed by atoms with van der Waals surface area (Å²) in [5.74, 6) is 0.0443. The van der Waals surface area contributed by atoms with Crippen LogP contribution in [0.15, 0.2) is 30.3 Å². The molecule has 2 aliphatic rings. The van der Waals surface area contributed by atoms with Crippen LogP contribution in [-0.2, 0) is 4.74 Å². The Balaban J connectivity index is 1.46. The molecule has 24 heavy (non-hydrogen) atoms. The number of nitrogens with one attached hydrogen (secondary N) is 1. The lowest BCUT2D eigenvalue weighted by Crippen LogP contribution is -2.62. The zero-order valence-electron chi connectivity index (χ0n) is 14.0. The SMILES string of the molecule is CCOC1CC(O)C12CCN(C(=O)c1cc3ccccc3[nH]1)CC2. The molecule has 128 valence electrons. The second kappa shape index (κ2) is 5.90. The van der Waals surface area contributed by atoms with Crippen LogP contribution in [0.1, 0.15) is 36.7 Å². The Morgan fingerprint density at radius 1 is 1.38 bits per heavy atom. The second-order valence-electron chi connectivity index (χ2n) is 6.99. The number of carbonyl (C=O) groups is 1.